The molecule has 0 rings (SSSR count). The molecular formula is C19H37N3O4P2. The number of azide groups is 1. The molecule has 0 aromatic carbocycles. The zero-order chi connectivity index (χ0) is 21.0. The number of rotatable bonds is 18. The summed E-state index contributed by atoms with van der Waals surface area (Å²) < 4.78 is 10.1. The van der Waals surface area contributed by atoms with Crippen molar-refractivity contribution in [3.63, 3.8) is 0 Å². The van der Waals surface area contributed by atoms with Gasteiger partial charge < -0.3 is 9.05 Å². The van der Waals surface area contributed by atoms with Gasteiger partial charge in [-0.1, -0.05) is 57.0 Å². The van der Waals surface area contributed by atoms with Crippen molar-refractivity contribution in [3.8, 4) is 0 Å². The Morgan fingerprint density at radius 1 is 0.929 bits per heavy atom. The van der Waals surface area contributed by atoms with Crippen LogP contribution in [0.3, 0.4) is 0 Å². The summed E-state index contributed by atoms with van der Waals surface area (Å²) >= 11 is 0. The monoisotopic (exact) mass is 433 g/mol. The fourth-order valence-electron chi connectivity index (χ4n) is 3.16. The molecule has 0 spiro atoms. The minimum atomic E-state index is -0.236. The molecule has 0 radical (unpaired) electrons. The molecule has 4 atom stereocenters. The predicted molar refractivity (Wildman–Crippen MR) is 118 cm³/mol. The van der Waals surface area contributed by atoms with Crippen LogP contribution in [-0.2, 0) is 18.6 Å². The average molecular weight is 433 g/mol. The number of hydrogen-bond acceptors (Lipinski definition) is 5. The highest BCUT2D eigenvalue weighted by Crippen LogP contribution is 2.23. The maximum atomic E-state index is 12.1. The van der Waals surface area contributed by atoms with Crippen molar-refractivity contribution in [2.45, 2.75) is 90.0 Å². The van der Waals surface area contributed by atoms with Gasteiger partial charge in [0.05, 0.1) is 23.5 Å². The Balaban J connectivity index is 3.98. The Kier molecular flexibility index (Phi) is 18.8. The topological polar surface area (TPSA) is 101 Å². The Morgan fingerprint density at radius 2 is 1.54 bits per heavy atom. The van der Waals surface area contributed by atoms with Crippen LogP contribution in [0.5, 0.6) is 0 Å². The minimum absolute atomic E-state index is 0.138. The molecule has 28 heavy (non-hydrogen) atoms. The van der Waals surface area contributed by atoms with Gasteiger partial charge >= 0.3 is 11.9 Å². The molecule has 0 aromatic rings. The highest BCUT2D eigenvalue weighted by atomic mass is 31.1. The lowest BCUT2D eigenvalue weighted by Crippen LogP contribution is -2.16. The first-order valence-corrected chi connectivity index (χ1v) is 13.2. The highest BCUT2D eigenvalue weighted by molar-refractivity contribution is 7.32. The summed E-state index contributed by atoms with van der Waals surface area (Å²) in [4.78, 5) is 26.6. The molecule has 0 heterocycles. The Hall–Kier alpha value is -0.890. The third-order valence-electron chi connectivity index (χ3n) is 4.63. The van der Waals surface area contributed by atoms with E-state index in [1.54, 1.807) is 0 Å². The summed E-state index contributed by atoms with van der Waals surface area (Å²) in [6.45, 7) is 5.74. The standard InChI is InChI=1S/C19H37N3O4P2/c1-4-11-17(21-22-20)13-10-8-6-5-7-9-12-16(19(24)26-28-3)14-15-18(23)25-27-2/h16-17,27-28H,4-15H2,1-3H3. The van der Waals surface area contributed by atoms with E-state index in [1.807, 2.05) is 13.3 Å². The van der Waals surface area contributed by atoms with Gasteiger partial charge in [-0.15, -0.1) is 0 Å². The molecular weight excluding hydrogens is 396 g/mol. The Morgan fingerprint density at radius 3 is 2.11 bits per heavy atom. The molecule has 162 valence electrons. The number of carbonyl (C=O) groups excluding carboxylic acids is 2. The van der Waals surface area contributed by atoms with E-state index in [0.29, 0.717) is 6.42 Å². The number of nitrogens with zero attached hydrogens (tertiary/aromatic N) is 3. The van der Waals surface area contributed by atoms with Crippen LogP contribution in [0.25, 0.3) is 10.4 Å². The van der Waals surface area contributed by atoms with E-state index in [4.69, 9.17) is 14.6 Å². The minimum Gasteiger partial charge on any atom is -0.449 e. The number of carbonyl (C=O) groups is 2. The van der Waals surface area contributed by atoms with Crippen molar-refractivity contribution < 1.29 is 18.6 Å². The van der Waals surface area contributed by atoms with Crippen molar-refractivity contribution in [2.75, 3.05) is 13.3 Å². The van der Waals surface area contributed by atoms with Crippen molar-refractivity contribution in [1.82, 2.24) is 0 Å². The highest BCUT2D eigenvalue weighted by Gasteiger charge is 2.21. The van der Waals surface area contributed by atoms with Crippen LogP contribution in [0.1, 0.15) is 84.0 Å². The fraction of sp³-hybridized carbons (Fsp3) is 0.895. The summed E-state index contributed by atoms with van der Waals surface area (Å²) in [6.07, 6.45) is 11.1. The van der Waals surface area contributed by atoms with Crippen LogP contribution in [0, 0.1) is 5.92 Å². The largest absolute Gasteiger partial charge is 0.449 e. The molecule has 0 aliphatic carbocycles. The lowest BCUT2D eigenvalue weighted by molar-refractivity contribution is -0.139. The van der Waals surface area contributed by atoms with E-state index in [9.17, 15) is 9.59 Å². The third-order valence-corrected chi connectivity index (χ3v) is 5.46. The first kappa shape index (κ1) is 27.1. The van der Waals surface area contributed by atoms with Crippen LogP contribution in [0.4, 0.5) is 0 Å². The smallest absolute Gasteiger partial charge is 0.311 e. The molecule has 7 nitrogen and oxygen atoms in total. The molecule has 0 bridgehead atoms. The molecule has 0 saturated heterocycles. The van der Waals surface area contributed by atoms with Gasteiger partial charge in [0.15, 0.2) is 0 Å². The first-order chi connectivity index (χ1) is 13.6. The molecule has 4 unspecified atom stereocenters. The van der Waals surface area contributed by atoms with Gasteiger partial charge in [0.2, 0.25) is 0 Å². The van der Waals surface area contributed by atoms with Gasteiger partial charge in [-0.2, -0.15) is 0 Å². The van der Waals surface area contributed by atoms with Crippen molar-refractivity contribution in [1.29, 1.82) is 0 Å². The van der Waals surface area contributed by atoms with Crippen LogP contribution < -0.4 is 0 Å². The lowest BCUT2D eigenvalue weighted by atomic mass is 9.95. The van der Waals surface area contributed by atoms with Gasteiger partial charge in [0.25, 0.3) is 0 Å². The zero-order valence-electron chi connectivity index (χ0n) is 17.6. The van der Waals surface area contributed by atoms with E-state index < -0.39 is 0 Å². The van der Waals surface area contributed by atoms with E-state index in [1.165, 1.54) is 0 Å². The second kappa shape index (κ2) is 19.4. The summed E-state index contributed by atoms with van der Waals surface area (Å²) in [5, 5.41) is 3.86. The van der Waals surface area contributed by atoms with Crippen LogP contribution >= 0.6 is 17.6 Å². The van der Waals surface area contributed by atoms with Gasteiger partial charge in [-0.05, 0) is 44.5 Å². The zero-order valence-corrected chi connectivity index (χ0v) is 19.6. The maximum Gasteiger partial charge on any atom is 0.311 e. The third kappa shape index (κ3) is 15.1. The van der Waals surface area contributed by atoms with Crippen molar-refractivity contribution in [2.24, 2.45) is 11.0 Å². The van der Waals surface area contributed by atoms with Crippen LogP contribution in [0.2, 0.25) is 0 Å². The summed E-state index contributed by atoms with van der Waals surface area (Å²) in [5.74, 6) is -0.633. The summed E-state index contributed by atoms with van der Waals surface area (Å²) in [6, 6.07) is 0.140. The average Bonchev–Trinajstić information content (AvgIpc) is 2.66. The molecule has 0 aliphatic heterocycles. The van der Waals surface area contributed by atoms with Gasteiger partial charge in [-0.3, -0.25) is 9.59 Å². The SMILES string of the molecule is CCCC(CCCCCCCCC(CCC(=O)OPC)C(=O)OPC)N=[N+]=[N-]. The summed E-state index contributed by atoms with van der Waals surface area (Å²) in [7, 11) is 0.285. The second-order valence-electron chi connectivity index (χ2n) is 6.89. The molecule has 0 aliphatic rings. The van der Waals surface area contributed by atoms with Crippen LogP contribution in [-0.4, -0.2) is 31.3 Å². The van der Waals surface area contributed by atoms with E-state index in [2.05, 4.69) is 16.9 Å². The van der Waals surface area contributed by atoms with Crippen molar-refractivity contribution in [3.05, 3.63) is 10.4 Å². The molecule has 9 heteroatoms. The quantitative estimate of drug-likeness (QED) is 0.0807. The molecule has 0 N–H and O–H groups in total. The second-order valence-corrected chi connectivity index (χ2v) is 8.11. The summed E-state index contributed by atoms with van der Waals surface area (Å²) in [5.41, 5.74) is 8.58. The maximum absolute atomic E-state index is 12.1. The molecule has 0 fully saturated rings. The van der Waals surface area contributed by atoms with Crippen molar-refractivity contribution >= 4 is 29.6 Å². The lowest BCUT2D eigenvalue weighted by Gasteiger charge is -2.15. The number of unbranched alkanes of at least 4 members (excludes halogenated alkanes) is 5. The van der Waals surface area contributed by atoms with E-state index >= 15 is 0 Å². The Bertz CT molecular complexity index is 474. The van der Waals surface area contributed by atoms with E-state index in [0.717, 1.165) is 64.2 Å². The van der Waals surface area contributed by atoms with Gasteiger partial charge in [0.1, 0.15) is 0 Å². The fourth-order valence-corrected chi connectivity index (χ4v) is 3.86. The van der Waals surface area contributed by atoms with E-state index in [-0.39, 0.29) is 47.9 Å². The van der Waals surface area contributed by atoms with Gasteiger partial charge in [0, 0.05) is 17.4 Å². The number of hydrogen-bond donors (Lipinski definition) is 0. The van der Waals surface area contributed by atoms with Crippen LogP contribution in [0.15, 0.2) is 5.11 Å². The predicted octanol–water partition coefficient (Wildman–Crippen LogP) is 6.52. The first-order valence-electron chi connectivity index (χ1n) is 10.4. The molecule has 0 aromatic heterocycles. The Labute approximate surface area is 173 Å². The molecule has 0 amide bonds. The normalized spacial score (nSPS) is 13.5. The molecule has 0 saturated carbocycles. The van der Waals surface area contributed by atoms with Gasteiger partial charge in [-0.25, -0.2) is 0 Å².